The number of nitrogen functional groups attached to an aromatic ring is 1. The third-order valence-electron chi connectivity index (χ3n) is 11.2. The largest absolute Gasteiger partial charge is 0.397 e. The number of likely N-dealkylation sites (tertiary alicyclic amines) is 1. The van der Waals surface area contributed by atoms with Crippen LogP contribution in [-0.4, -0.2) is 65.7 Å². The monoisotopic (exact) mass is 760 g/mol. The molecule has 3 aliphatic rings. The molecule has 0 saturated carbocycles. The van der Waals surface area contributed by atoms with Gasteiger partial charge in [0.05, 0.1) is 36.9 Å². The molecule has 7 rings (SSSR count). The lowest BCUT2D eigenvalue weighted by Crippen LogP contribution is -2.57. The molecule has 0 radical (unpaired) electrons. The molecule has 12 nitrogen and oxygen atoms in total. The van der Waals surface area contributed by atoms with Crippen molar-refractivity contribution < 1.29 is 29.0 Å². The van der Waals surface area contributed by atoms with Gasteiger partial charge in [-0.3, -0.25) is 14.4 Å². The number of aliphatic hydroxyl groups excluding tert-OH is 1. The lowest BCUT2D eigenvalue weighted by Gasteiger charge is -2.45. The summed E-state index contributed by atoms with van der Waals surface area (Å²) >= 11 is 0. The van der Waals surface area contributed by atoms with Gasteiger partial charge in [-0.05, 0) is 73.2 Å². The highest BCUT2D eigenvalue weighted by Gasteiger charge is 2.50. The summed E-state index contributed by atoms with van der Waals surface area (Å²) in [6.07, 6.45) is 3.96. The zero-order valence-corrected chi connectivity index (χ0v) is 31.7. The van der Waals surface area contributed by atoms with Crippen LogP contribution in [-0.2, 0) is 30.5 Å². The fourth-order valence-corrected chi connectivity index (χ4v) is 7.98. The zero-order chi connectivity index (χ0) is 38.9. The topological polar surface area (TPSA) is 158 Å². The summed E-state index contributed by atoms with van der Waals surface area (Å²) < 4.78 is 13.2. The molecule has 56 heavy (non-hydrogen) atoms. The van der Waals surface area contributed by atoms with Crippen molar-refractivity contribution in [3.8, 4) is 0 Å². The summed E-state index contributed by atoms with van der Waals surface area (Å²) in [5.41, 5.74) is 10.9. The zero-order valence-electron chi connectivity index (χ0n) is 31.7. The number of carbonyl (C=O) groups is 3. The van der Waals surface area contributed by atoms with E-state index in [2.05, 4.69) is 37.9 Å². The normalized spacial score (nSPS) is 20.8. The number of carbonyl (C=O) groups excluding carboxylic acids is 3. The highest BCUT2D eigenvalue weighted by Crippen LogP contribution is 2.40. The minimum Gasteiger partial charge on any atom is -0.397 e. The Bertz CT molecular complexity index is 1930. The second-order valence-corrected chi connectivity index (χ2v) is 15.0. The van der Waals surface area contributed by atoms with Crippen molar-refractivity contribution in [2.24, 2.45) is 0 Å². The molecule has 12 heteroatoms. The summed E-state index contributed by atoms with van der Waals surface area (Å²) in [4.78, 5) is 42.9. The standard InChI is InChI=1S/C44H52N6O6/c45-37-11-7-8-12-38(37)48-41(53)14-6-2-5-13-40(52)47-34-21-19-33(20-22-34)42-55-36(27-39(56-42)32-17-15-31(29-51)16-18-32)28-49-25-23-44(24-26-49)43(54)46-30-50(44)35-9-3-1-4-10-35/h1,3-4,7-12,15-22,36,39,42,51H,2,5-6,13-14,23-30,45H2,(H,46,54)(H,47,52)(H,48,53)/t36-,39+,42+/m1/s1. The van der Waals surface area contributed by atoms with Gasteiger partial charge in [-0.15, -0.1) is 0 Å². The number of amides is 3. The number of nitrogens with zero attached hydrogens (tertiary/aromatic N) is 2. The number of hydrogen-bond donors (Lipinski definition) is 5. The van der Waals surface area contributed by atoms with Crippen LogP contribution in [0.3, 0.4) is 0 Å². The van der Waals surface area contributed by atoms with E-state index in [9.17, 15) is 19.5 Å². The first-order valence-electron chi connectivity index (χ1n) is 19.7. The Balaban J connectivity index is 0.926. The number of anilines is 4. The lowest BCUT2D eigenvalue weighted by atomic mass is 9.85. The molecule has 3 amide bonds. The van der Waals surface area contributed by atoms with Crippen molar-refractivity contribution in [2.75, 3.05) is 47.6 Å². The highest BCUT2D eigenvalue weighted by molar-refractivity contribution is 5.94. The van der Waals surface area contributed by atoms with Crippen LogP contribution in [0.5, 0.6) is 0 Å². The maximum Gasteiger partial charge on any atom is 0.247 e. The van der Waals surface area contributed by atoms with E-state index in [1.54, 1.807) is 12.1 Å². The number of ether oxygens (including phenoxy) is 2. The van der Waals surface area contributed by atoms with Gasteiger partial charge in [-0.1, -0.05) is 73.2 Å². The SMILES string of the molecule is Nc1ccccc1NC(=O)CCCCCC(=O)Nc1ccc([C@H]2O[C@@H](CN3CCC4(CC3)C(=O)NCN4c3ccccc3)C[C@@H](c3ccc(CO)cc3)O2)cc1. The lowest BCUT2D eigenvalue weighted by molar-refractivity contribution is -0.253. The van der Waals surface area contributed by atoms with Gasteiger partial charge in [-0.2, -0.15) is 0 Å². The minimum absolute atomic E-state index is 0.0244. The fraction of sp³-hybridized carbons (Fsp3) is 0.386. The predicted octanol–water partition coefficient (Wildman–Crippen LogP) is 6.26. The van der Waals surface area contributed by atoms with Crippen molar-refractivity contribution >= 4 is 40.5 Å². The van der Waals surface area contributed by atoms with Gasteiger partial charge >= 0.3 is 0 Å². The Morgan fingerprint density at radius 2 is 1.46 bits per heavy atom. The second-order valence-electron chi connectivity index (χ2n) is 15.0. The van der Waals surface area contributed by atoms with Crippen LogP contribution in [0, 0.1) is 0 Å². The first kappa shape index (κ1) is 39.0. The fourth-order valence-electron chi connectivity index (χ4n) is 7.98. The number of aliphatic hydroxyl groups is 1. The Kier molecular flexibility index (Phi) is 12.6. The maximum absolute atomic E-state index is 13.2. The van der Waals surface area contributed by atoms with Crippen LogP contribution in [0.2, 0.25) is 0 Å². The number of piperidine rings is 1. The summed E-state index contributed by atoms with van der Waals surface area (Å²) in [5.74, 6) is -0.0758. The molecule has 3 fully saturated rings. The van der Waals surface area contributed by atoms with E-state index in [1.165, 1.54) is 0 Å². The van der Waals surface area contributed by atoms with E-state index < -0.39 is 11.8 Å². The molecule has 4 aromatic carbocycles. The van der Waals surface area contributed by atoms with Gasteiger partial charge in [0, 0.05) is 55.8 Å². The number of unbranched alkanes of at least 4 members (excludes halogenated alkanes) is 2. The molecule has 0 bridgehead atoms. The predicted molar refractivity (Wildman–Crippen MR) is 216 cm³/mol. The van der Waals surface area contributed by atoms with Crippen molar-refractivity contribution in [1.29, 1.82) is 0 Å². The van der Waals surface area contributed by atoms with E-state index in [0.717, 1.165) is 54.7 Å². The van der Waals surface area contributed by atoms with Gasteiger partial charge in [-0.25, -0.2) is 0 Å². The summed E-state index contributed by atoms with van der Waals surface area (Å²) in [6.45, 7) is 2.73. The molecule has 3 heterocycles. The van der Waals surface area contributed by atoms with Gasteiger partial charge < -0.3 is 46.1 Å². The van der Waals surface area contributed by atoms with Crippen molar-refractivity contribution in [1.82, 2.24) is 10.2 Å². The van der Waals surface area contributed by atoms with Gasteiger partial charge in [0.25, 0.3) is 0 Å². The summed E-state index contributed by atoms with van der Waals surface area (Å²) in [5, 5.41) is 18.5. The quantitative estimate of drug-likeness (QED) is 0.0739. The van der Waals surface area contributed by atoms with Crippen LogP contribution >= 0.6 is 0 Å². The van der Waals surface area contributed by atoms with Crippen LogP contribution in [0.15, 0.2) is 103 Å². The van der Waals surface area contributed by atoms with Crippen LogP contribution in [0.25, 0.3) is 0 Å². The molecular formula is C44H52N6O6. The average molecular weight is 761 g/mol. The number of nitrogens with one attached hydrogen (secondary N) is 3. The average Bonchev–Trinajstić information content (AvgIpc) is 3.54. The molecule has 1 spiro atoms. The van der Waals surface area contributed by atoms with Gasteiger partial charge in [0.2, 0.25) is 17.7 Å². The van der Waals surface area contributed by atoms with E-state index in [0.29, 0.717) is 62.4 Å². The van der Waals surface area contributed by atoms with Crippen molar-refractivity contribution in [2.45, 2.75) is 82.0 Å². The van der Waals surface area contributed by atoms with E-state index in [4.69, 9.17) is 15.2 Å². The van der Waals surface area contributed by atoms with Gasteiger partial charge in [0.1, 0.15) is 5.54 Å². The Morgan fingerprint density at radius 1 is 0.804 bits per heavy atom. The Labute approximate surface area is 328 Å². The number of benzene rings is 4. The van der Waals surface area contributed by atoms with Crippen molar-refractivity contribution in [3.63, 3.8) is 0 Å². The summed E-state index contributed by atoms with van der Waals surface area (Å²) in [6, 6.07) is 32.7. The molecule has 0 aliphatic carbocycles. The molecule has 0 unspecified atom stereocenters. The molecule has 6 N–H and O–H groups in total. The highest BCUT2D eigenvalue weighted by atomic mass is 16.7. The van der Waals surface area contributed by atoms with Crippen molar-refractivity contribution in [3.05, 3.63) is 120 Å². The summed E-state index contributed by atoms with van der Waals surface area (Å²) in [7, 11) is 0. The molecule has 4 aromatic rings. The van der Waals surface area contributed by atoms with E-state index in [-0.39, 0.29) is 36.5 Å². The smallest absolute Gasteiger partial charge is 0.247 e. The molecule has 3 saturated heterocycles. The Morgan fingerprint density at radius 3 is 2.16 bits per heavy atom. The first-order valence-corrected chi connectivity index (χ1v) is 19.7. The molecule has 0 aromatic heterocycles. The van der Waals surface area contributed by atoms with Crippen LogP contribution in [0.1, 0.15) is 80.5 Å². The maximum atomic E-state index is 13.2. The molecule has 3 aliphatic heterocycles. The van der Waals surface area contributed by atoms with E-state index >= 15 is 0 Å². The minimum atomic E-state index is -0.623. The third kappa shape index (κ3) is 9.39. The van der Waals surface area contributed by atoms with Gasteiger partial charge in [0.15, 0.2) is 6.29 Å². The number of para-hydroxylation sites is 3. The number of nitrogens with two attached hydrogens (primary N) is 1. The number of hydrogen-bond acceptors (Lipinski definition) is 9. The Hall–Kier alpha value is -5.27. The molecular weight excluding hydrogens is 709 g/mol. The first-order chi connectivity index (χ1) is 27.3. The third-order valence-corrected chi connectivity index (χ3v) is 11.2. The van der Waals surface area contributed by atoms with Crippen LogP contribution in [0.4, 0.5) is 22.7 Å². The molecule has 294 valence electrons. The molecule has 3 atom stereocenters. The van der Waals surface area contributed by atoms with Crippen LogP contribution < -0.4 is 26.6 Å². The van der Waals surface area contributed by atoms with E-state index in [1.807, 2.05) is 78.9 Å². The number of rotatable bonds is 14. The second kappa shape index (κ2) is 18.1.